The van der Waals surface area contributed by atoms with Gasteiger partial charge in [0.05, 0.1) is 32.4 Å². The van der Waals surface area contributed by atoms with E-state index in [-0.39, 0.29) is 5.69 Å². The molecule has 0 heterocycles. The standard InChI is InChI=1S/C19H23N3O5S/c1-14-6-5-7-15(10-14)12-20-21-19(23)13-22(28(4,24)25)16-8-9-17(26-2)18(11-16)27-3/h5-12H,13H2,1-4H3,(H,21,23)/b20-12-. The van der Waals surface area contributed by atoms with Gasteiger partial charge >= 0.3 is 0 Å². The van der Waals surface area contributed by atoms with Crippen LogP contribution in [0.1, 0.15) is 11.1 Å². The molecule has 150 valence electrons. The number of benzene rings is 2. The van der Waals surface area contributed by atoms with Crippen LogP contribution in [-0.2, 0) is 14.8 Å². The highest BCUT2D eigenvalue weighted by atomic mass is 32.2. The first-order chi connectivity index (χ1) is 13.2. The summed E-state index contributed by atoms with van der Waals surface area (Å²) in [6.07, 6.45) is 2.51. The lowest BCUT2D eigenvalue weighted by molar-refractivity contribution is -0.119. The number of rotatable bonds is 8. The Labute approximate surface area is 164 Å². The predicted octanol–water partition coefficient (Wildman–Crippen LogP) is 1.93. The van der Waals surface area contributed by atoms with Crippen molar-refractivity contribution in [2.24, 2.45) is 5.10 Å². The first-order valence-electron chi connectivity index (χ1n) is 8.33. The van der Waals surface area contributed by atoms with Crippen molar-refractivity contribution >= 4 is 27.8 Å². The Morgan fingerprint density at radius 2 is 1.86 bits per heavy atom. The average Bonchev–Trinajstić information content (AvgIpc) is 2.64. The van der Waals surface area contributed by atoms with Gasteiger partial charge in [0.2, 0.25) is 10.0 Å². The lowest BCUT2D eigenvalue weighted by Gasteiger charge is -2.22. The maximum atomic E-state index is 12.2. The Bertz CT molecular complexity index is 973. The molecule has 1 amide bonds. The number of amides is 1. The molecular weight excluding hydrogens is 382 g/mol. The number of hydrogen-bond acceptors (Lipinski definition) is 6. The number of hydrogen-bond donors (Lipinski definition) is 1. The molecule has 0 saturated carbocycles. The van der Waals surface area contributed by atoms with Crippen molar-refractivity contribution in [2.45, 2.75) is 6.92 Å². The lowest BCUT2D eigenvalue weighted by Crippen LogP contribution is -2.39. The summed E-state index contributed by atoms with van der Waals surface area (Å²) in [5.74, 6) is 0.225. The predicted molar refractivity (Wildman–Crippen MR) is 109 cm³/mol. The van der Waals surface area contributed by atoms with Crippen LogP contribution in [0.5, 0.6) is 11.5 Å². The van der Waals surface area contributed by atoms with Crippen molar-refractivity contribution in [2.75, 3.05) is 31.3 Å². The van der Waals surface area contributed by atoms with Crippen molar-refractivity contribution < 1.29 is 22.7 Å². The van der Waals surface area contributed by atoms with Crippen LogP contribution in [-0.4, -0.2) is 47.6 Å². The minimum Gasteiger partial charge on any atom is -0.493 e. The molecule has 8 nitrogen and oxygen atoms in total. The topological polar surface area (TPSA) is 97.3 Å². The maximum absolute atomic E-state index is 12.2. The molecule has 2 aromatic rings. The summed E-state index contributed by atoms with van der Waals surface area (Å²) in [6.45, 7) is 1.52. The van der Waals surface area contributed by atoms with E-state index in [4.69, 9.17) is 9.47 Å². The van der Waals surface area contributed by atoms with Crippen molar-refractivity contribution in [3.05, 3.63) is 53.6 Å². The molecule has 9 heteroatoms. The highest BCUT2D eigenvalue weighted by molar-refractivity contribution is 7.92. The van der Waals surface area contributed by atoms with Gasteiger partial charge in [0.25, 0.3) is 5.91 Å². The molecule has 0 radical (unpaired) electrons. The van der Waals surface area contributed by atoms with E-state index in [0.717, 1.165) is 21.7 Å². The highest BCUT2D eigenvalue weighted by Gasteiger charge is 2.22. The number of nitrogens with one attached hydrogen (secondary N) is 1. The number of anilines is 1. The Morgan fingerprint density at radius 3 is 2.46 bits per heavy atom. The molecule has 0 unspecified atom stereocenters. The Balaban J connectivity index is 2.15. The quantitative estimate of drug-likeness (QED) is 0.535. The van der Waals surface area contributed by atoms with Crippen LogP contribution < -0.4 is 19.2 Å². The molecule has 0 atom stereocenters. The summed E-state index contributed by atoms with van der Waals surface area (Å²) in [6, 6.07) is 12.2. The third-order valence-corrected chi connectivity index (χ3v) is 4.93. The van der Waals surface area contributed by atoms with Gasteiger partial charge in [-0.15, -0.1) is 0 Å². The summed E-state index contributed by atoms with van der Waals surface area (Å²) in [5, 5.41) is 3.88. The molecule has 0 aromatic heterocycles. The molecule has 0 aliphatic rings. The van der Waals surface area contributed by atoms with E-state index in [2.05, 4.69) is 10.5 Å². The van der Waals surface area contributed by atoms with E-state index in [1.165, 1.54) is 32.6 Å². The number of aryl methyl sites for hydroxylation is 1. The molecule has 0 fully saturated rings. The Kier molecular flexibility index (Phi) is 7.00. The second-order valence-corrected chi connectivity index (χ2v) is 7.92. The maximum Gasteiger partial charge on any atom is 0.260 e. The zero-order chi connectivity index (χ0) is 20.7. The number of carbonyl (C=O) groups is 1. The van der Waals surface area contributed by atoms with Gasteiger partial charge in [0, 0.05) is 6.07 Å². The summed E-state index contributed by atoms with van der Waals surface area (Å²) in [7, 11) is -0.795. The van der Waals surface area contributed by atoms with Crippen molar-refractivity contribution in [1.82, 2.24) is 5.43 Å². The van der Waals surface area contributed by atoms with E-state index in [1.807, 2.05) is 31.2 Å². The molecule has 2 rings (SSSR count). The van der Waals surface area contributed by atoms with Crippen LogP contribution in [0.3, 0.4) is 0 Å². The van der Waals surface area contributed by atoms with E-state index < -0.39 is 22.5 Å². The second-order valence-electron chi connectivity index (χ2n) is 6.02. The van der Waals surface area contributed by atoms with Crippen LogP contribution in [0.25, 0.3) is 0 Å². The van der Waals surface area contributed by atoms with Crippen LogP contribution in [0.4, 0.5) is 5.69 Å². The fourth-order valence-corrected chi connectivity index (χ4v) is 3.32. The number of methoxy groups -OCH3 is 2. The zero-order valence-corrected chi connectivity index (χ0v) is 17.0. The summed E-state index contributed by atoms with van der Waals surface area (Å²) in [5.41, 5.74) is 4.50. The first-order valence-corrected chi connectivity index (χ1v) is 10.2. The Hall–Kier alpha value is -3.07. The van der Waals surface area contributed by atoms with Crippen LogP contribution >= 0.6 is 0 Å². The van der Waals surface area contributed by atoms with Gasteiger partial charge in [0.15, 0.2) is 11.5 Å². The highest BCUT2D eigenvalue weighted by Crippen LogP contribution is 2.32. The SMILES string of the molecule is COc1ccc(N(CC(=O)N/N=C\c2cccc(C)c2)S(C)(=O)=O)cc1OC. The van der Waals surface area contributed by atoms with Gasteiger partial charge in [-0.25, -0.2) is 13.8 Å². The summed E-state index contributed by atoms with van der Waals surface area (Å²) < 4.78 is 35.7. The van der Waals surface area contributed by atoms with Gasteiger partial charge in [-0.05, 0) is 24.6 Å². The number of carbonyl (C=O) groups excluding carboxylic acids is 1. The number of hydrazone groups is 1. The van der Waals surface area contributed by atoms with Crippen molar-refractivity contribution in [1.29, 1.82) is 0 Å². The number of nitrogens with zero attached hydrogens (tertiary/aromatic N) is 2. The number of sulfonamides is 1. The molecule has 0 bridgehead atoms. The zero-order valence-electron chi connectivity index (χ0n) is 16.2. The van der Waals surface area contributed by atoms with Gasteiger partial charge < -0.3 is 9.47 Å². The molecule has 2 aromatic carbocycles. The molecular formula is C19H23N3O5S. The van der Waals surface area contributed by atoms with Crippen LogP contribution in [0.15, 0.2) is 47.6 Å². The molecule has 0 aliphatic carbocycles. The van der Waals surface area contributed by atoms with Gasteiger partial charge in [-0.1, -0.05) is 29.8 Å². The third kappa shape index (κ3) is 5.71. The smallest absolute Gasteiger partial charge is 0.260 e. The largest absolute Gasteiger partial charge is 0.493 e. The van der Waals surface area contributed by atoms with E-state index in [0.29, 0.717) is 11.5 Å². The summed E-state index contributed by atoms with van der Waals surface area (Å²) >= 11 is 0. The Morgan fingerprint density at radius 1 is 1.14 bits per heavy atom. The van der Waals surface area contributed by atoms with E-state index in [9.17, 15) is 13.2 Å². The first kappa shape index (κ1) is 21.2. The van der Waals surface area contributed by atoms with Gasteiger partial charge in [-0.2, -0.15) is 5.10 Å². The van der Waals surface area contributed by atoms with E-state index in [1.54, 1.807) is 6.07 Å². The van der Waals surface area contributed by atoms with Crippen LogP contribution in [0, 0.1) is 6.92 Å². The second kappa shape index (κ2) is 9.23. The molecule has 1 N–H and O–H groups in total. The molecule has 0 spiro atoms. The third-order valence-electron chi connectivity index (χ3n) is 3.79. The van der Waals surface area contributed by atoms with Crippen molar-refractivity contribution in [3.63, 3.8) is 0 Å². The normalized spacial score (nSPS) is 11.3. The monoisotopic (exact) mass is 405 g/mol. The molecule has 28 heavy (non-hydrogen) atoms. The van der Waals surface area contributed by atoms with E-state index >= 15 is 0 Å². The van der Waals surface area contributed by atoms with Gasteiger partial charge in [0.1, 0.15) is 6.54 Å². The van der Waals surface area contributed by atoms with Crippen LogP contribution in [0.2, 0.25) is 0 Å². The average molecular weight is 405 g/mol. The van der Waals surface area contributed by atoms with Crippen molar-refractivity contribution in [3.8, 4) is 11.5 Å². The minimum atomic E-state index is -3.72. The fourth-order valence-electron chi connectivity index (χ4n) is 2.48. The molecule has 0 saturated heterocycles. The summed E-state index contributed by atoms with van der Waals surface area (Å²) in [4.78, 5) is 12.2. The van der Waals surface area contributed by atoms with Gasteiger partial charge in [-0.3, -0.25) is 9.10 Å². The fraction of sp³-hybridized carbons (Fsp3) is 0.263. The molecule has 0 aliphatic heterocycles. The minimum absolute atomic E-state index is 0.276. The lowest BCUT2D eigenvalue weighted by atomic mass is 10.2. The number of ether oxygens (including phenoxy) is 2.